The fraction of sp³-hybridized carbons (Fsp3) is 0.382. The number of hydrogen-bond acceptors (Lipinski definition) is 12. The van der Waals surface area contributed by atoms with Crippen molar-refractivity contribution in [1.29, 1.82) is 0 Å². The molecule has 1 aliphatic rings. The minimum atomic E-state index is -1.03. The number of benzene rings is 2. The molecule has 0 radical (unpaired) electrons. The number of nitro groups is 1. The predicted molar refractivity (Wildman–Crippen MR) is 192 cm³/mol. The van der Waals surface area contributed by atoms with Gasteiger partial charge in [0.25, 0.3) is 17.5 Å². The minimum absolute atomic E-state index is 0.000811. The van der Waals surface area contributed by atoms with E-state index in [1.165, 1.54) is 22.4 Å². The summed E-state index contributed by atoms with van der Waals surface area (Å²) in [7, 11) is 1.33. The Hall–Kier alpha value is -6.08. The summed E-state index contributed by atoms with van der Waals surface area (Å²) in [6.07, 6.45) is 3.91. The third-order valence-electron chi connectivity index (χ3n) is 8.46. The van der Waals surface area contributed by atoms with E-state index in [0.717, 1.165) is 31.8 Å². The predicted octanol–water partition coefficient (Wildman–Crippen LogP) is 2.84. The lowest BCUT2D eigenvalue weighted by Crippen LogP contribution is -2.37. The molecule has 18 nitrogen and oxygen atoms in total. The average molecular weight is 737 g/mol. The van der Waals surface area contributed by atoms with E-state index >= 15 is 4.39 Å². The van der Waals surface area contributed by atoms with Crippen LogP contribution in [0, 0.1) is 22.9 Å². The zero-order chi connectivity index (χ0) is 38.2. The number of amides is 3. The number of nitro benzene ring substituents is 1. The maximum absolute atomic E-state index is 15.6. The number of rotatable bonds is 17. The van der Waals surface area contributed by atoms with E-state index < -0.39 is 39.7 Å². The molecule has 1 aliphatic heterocycles. The van der Waals surface area contributed by atoms with Gasteiger partial charge < -0.3 is 35.6 Å². The number of imidazole rings is 1. The Morgan fingerprint density at radius 2 is 1.87 bits per heavy atom. The third kappa shape index (κ3) is 8.70. The van der Waals surface area contributed by atoms with Crippen LogP contribution in [0.15, 0.2) is 36.4 Å². The van der Waals surface area contributed by atoms with Crippen molar-refractivity contribution in [3.05, 3.63) is 74.9 Å². The van der Waals surface area contributed by atoms with Crippen molar-refractivity contribution >= 4 is 46.1 Å². The van der Waals surface area contributed by atoms with Gasteiger partial charge in [-0.05, 0) is 38.5 Å². The molecule has 3 amide bonds. The second-order valence-electron chi connectivity index (χ2n) is 12.0. The van der Waals surface area contributed by atoms with E-state index in [1.54, 1.807) is 25.1 Å². The molecule has 1 saturated heterocycles. The van der Waals surface area contributed by atoms with Crippen LogP contribution in [0.3, 0.4) is 0 Å². The van der Waals surface area contributed by atoms with E-state index in [-0.39, 0.29) is 65.1 Å². The first kappa shape index (κ1) is 38.2. The highest BCUT2D eigenvalue weighted by atomic mass is 19.1. The molecule has 5 rings (SSSR count). The molecule has 3 heterocycles. The van der Waals surface area contributed by atoms with Crippen molar-refractivity contribution in [2.45, 2.75) is 33.4 Å². The number of aromatic nitrogens is 4. The number of primary amides is 2. The van der Waals surface area contributed by atoms with Gasteiger partial charge in [0.2, 0.25) is 11.9 Å². The summed E-state index contributed by atoms with van der Waals surface area (Å²) < 4.78 is 35.4. The van der Waals surface area contributed by atoms with Gasteiger partial charge in [0, 0.05) is 50.9 Å². The van der Waals surface area contributed by atoms with Crippen LogP contribution in [0.25, 0.3) is 11.0 Å². The van der Waals surface area contributed by atoms with Crippen LogP contribution < -0.4 is 31.6 Å². The number of halogens is 1. The van der Waals surface area contributed by atoms with Crippen LogP contribution in [0.2, 0.25) is 0 Å². The number of carbonyl (C=O) groups is 3. The van der Waals surface area contributed by atoms with Gasteiger partial charge in [0.05, 0.1) is 43.1 Å². The minimum Gasteiger partial charge on any atom is -0.494 e. The third-order valence-corrected chi connectivity index (χ3v) is 8.46. The molecule has 0 spiro atoms. The van der Waals surface area contributed by atoms with Crippen molar-refractivity contribution in [3.8, 4) is 11.5 Å². The summed E-state index contributed by atoms with van der Waals surface area (Å²) in [5, 5.41) is 22.1. The molecule has 4 aromatic rings. The summed E-state index contributed by atoms with van der Waals surface area (Å²) >= 11 is 0. The van der Waals surface area contributed by atoms with Gasteiger partial charge in [-0.25, -0.2) is 9.37 Å². The van der Waals surface area contributed by atoms with Gasteiger partial charge >= 0.3 is 0 Å². The van der Waals surface area contributed by atoms with E-state index in [1.807, 2.05) is 6.92 Å². The van der Waals surface area contributed by atoms with Gasteiger partial charge in [-0.2, -0.15) is 5.10 Å². The summed E-state index contributed by atoms with van der Waals surface area (Å²) in [4.78, 5) is 55.4. The van der Waals surface area contributed by atoms with Crippen LogP contribution in [-0.4, -0.2) is 100.0 Å². The van der Waals surface area contributed by atoms with Crippen molar-refractivity contribution < 1.29 is 37.9 Å². The lowest BCUT2D eigenvalue weighted by Gasteiger charge is -2.26. The van der Waals surface area contributed by atoms with Gasteiger partial charge in [-0.15, -0.1) is 0 Å². The van der Waals surface area contributed by atoms with Crippen molar-refractivity contribution in [1.82, 2.24) is 24.2 Å². The Morgan fingerprint density at radius 3 is 2.53 bits per heavy atom. The van der Waals surface area contributed by atoms with Gasteiger partial charge in [0.15, 0.2) is 11.5 Å². The van der Waals surface area contributed by atoms with Gasteiger partial charge in [0.1, 0.15) is 28.2 Å². The first-order chi connectivity index (χ1) is 25.4. The Labute approximate surface area is 303 Å². The number of nitrogens with two attached hydrogens (primary N) is 2. The highest BCUT2D eigenvalue weighted by molar-refractivity contribution is 6.04. The zero-order valence-corrected chi connectivity index (χ0v) is 29.5. The second-order valence-corrected chi connectivity index (χ2v) is 12.0. The lowest BCUT2D eigenvalue weighted by atomic mass is 10.1. The summed E-state index contributed by atoms with van der Waals surface area (Å²) in [5.74, 6) is -3.34. The molecule has 2 aromatic carbocycles. The molecule has 1 fully saturated rings. The SMILES string of the molecule is CCn1nc(C)cc1C(=O)Nc1nc2c(F)c(C(N)=O)cc(OC)c2n1C/C=C/CNc1c(OCCCN2CCOCC2)cc(C(N)=O)cc1[N+](=O)[O-]. The number of anilines is 2. The molecule has 282 valence electrons. The molecule has 2 aromatic heterocycles. The number of fused-ring (bicyclic) bond motifs is 1. The van der Waals surface area contributed by atoms with Crippen LogP contribution >= 0.6 is 0 Å². The van der Waals surface area contributed by atoms with E-state index in [2.05, 4.69) is 25.6 Å². The number of methoxy groups -OCH3 is 1. The standard InChI is InChI=1S/C34H41FN10O8/c1-4-44-24(16-20(2)41-44)33(48)40-34-39-29-27(35)22(32(37)47)19-26(51-3)30(29)43(34)10-6-5-8-38-28-23(45(49)50)17-21(31(36)46)18-25(28)53-13-7-9-42-11-14-52-15-12-42/h5-6,16-19,38H,4,7-15H2,1-3H3,(H2,36,46)(H2,37,47)(H,39,40,48)/b6-5+. The smallest absolute Gasteiger partial charge is 0.296 e. The summed E-state index contributed by atoms with van der Waals surface area (Å²) in [6.45, 7) is 7.86. The number of morpholine rings is 1. The van der Waals surface area contributed by atoms with Crippen LogP contribution in [0.4, 0.5) is 21.7 Å². The van der Waals surface area contributed by atoms with E-state index in [4.69, 9.17) is 25.7 Å². The Balaban J connectivity index is 1.41. The van der Waals surface area contributed by atoms with Crippen molar-refractivity contribution in [2.75, 3.05) is 63.7 Å². The van der Waals surface area contributed by atoms with E-state index in [9.17, 15) is 24.5 Å². The fourth-order valence-corrected chi connectivity index (χ4v) is 5.89. The number of ether oxygens (including phenoxy) is 3. The number of nitrogens with zero attached hydrogens (tertiary/aromatic N) is 6. The highest BCUT2D eigenvalue weighted by Crippen LogP contribution is 2.37. The van der Waals surface area contributed by atoms with Crippen LogP contribution in [0.5, 0.6) is 11.5 Å². The van der Waals surface area contributed by atoms with Crippen molar-refractivity contribution in [3.63, 3.8) is 0 Å². The first-order valence-electron chi connectivity index (χ1n) is 16.8. The molecule has 0 unspecified atom stereocenters. The summed E-state index contributed by atoms with van der Waals surface area (Å²) in [5.41, 5.74) is 10.7. The van der Waals surface area contributed by atoms with E-state index in [0.29, 0.717) is 31.9 Å². The molecule has 0 bridgehead atoms. The molecule has 6 N–H and O–H groups in total. The molecule has 0 atom stereocenters. The molecular weight excluding hydrogens is 695 g/mol. The fourth-order valence-electron chi connectivity index (χ4n) is 5.89. The van der Waals surface area contributed by atoms with Gasteiger partial charge in [-0.3, -0.25) is 39.4 Å². The molecule has 0 saturated carbocycles. The number of allylic oxidation sites excluding steroid dienone is 1. The van der Waals surface area contributed by atoms with Crippen LogP contribution in [0.1, 0.15) is 50.2 Å². The van der Waals surface area contributed by atoms with Crippen LogP contribution in [-0.2, 0) is 17.8 Å². The normalized spacial score (nSPS) is 13.4. The number of hydrogen-bond donors (Lipinski definition) is 4. The first-order valence-corrected chi connectivity index (χ1v) is 16.8. The quantitative estimate of drug-likeness (QED) is 0.0530. The Morgan fingerprint density at radius 1 is 1.11 bits per heavy atom. The zero-order valence-electron chi connectivity index (χ0n) is 29.5. The maximum atomic E-state index is 15.6. The highest BCUT2D eigenvalue weighted by Gasteiger charge is 2.26. The van der Waals surface area contributed by atoms with Crippen molar-refractivity contribution in [2.24, 2.45) is 11.5 Å². The van der Waals surface area contributed by atoms with Gasteiger partial charge in [-0.1, -0.05) is 12.2 Å². The number of nitrogens with one attached hydrogen (secondary N) is 2. The molecule has 0 aliphatic carbocycles. The summed E-state index contributed by atoms with van der Waals surface area (Å²) in [6, 6.07) is 5.19. The maximum Gasteiger partial charge on any atom is 0.296 e. The molecular formula is C34H41FN10O8. The largest absolute Gasteiger partial charge is 0.494 e. The monoisotopic (exact) mass is 736 g/mol. The second kappa shape index (κ2) is 17.0. The topological polar surface area (TPSA) is 237 Å². The number of carbonyl (C=O) groups excluding carboxylic acids is 3. The molecule has 19 heteroatoms. The lowest BCUT2D eigenvalue weighted by molar-refractivity contribution is -0.384. The number of aryl methyl sites for hydroxylation is 2. The Kier molecular flexibility index (Phi) is 12.2. The average Bonchev–Trinajstić information content (AvgIpc) is 3.70. The Bertz CT molecular complexity index is 2050. The molecule has 53 heavy (non-hydrogen) atoms.